The van der Waals surface area contributed by atoms with E-state index in [9.17, 15) is 28.3 Å². The van der Waals surface area contributed by atoms with Crippen LogP contribution in [0.5, 0.6) is 0 Å². The molecule has 0 bridgehead atoms. The topological polar surface area (TPSA) is 117 Å². The molecule has 3 amide bonds. The van der Waals surface area contributed by atoms with Gasteiger partial charge in [0.2, 0.25) is 0 Å². The fourth-order valence-electron chi connectivity index (χ4n) is 4.56. The number of carbonyl (C=O) groups excluding carboxylic acids is 3. The van der Waals surface area contributed by atoms with Crippen LogP contribution in [0.15, 0.2) is 77.9 Å². The molecule has 1 aliphatic rings. The lowest BCUT2D eigenvalue weighted by atomic mass is 9.89. The first kappa shape index (κ1) is 33.5. The Kier molecular flexibility index (Phi) is 11.2. The van der Waals surface area contributed by atoms with Crippen LogP contribution in [0.4, 0.5) is 19.3 Å². The Hall–Kier alpha value is -4.05. The Morgan fingerprint density at radius 2 is 1.67 bits per heavy atom. The number of ether oxygens (including phenoxy) is 1. The number of carbonyl (C=O) groups is 3. The number of hydrogen-bond donors (Lipinski definition) is 4. The van der Waals surface area contributed by atoms with Gasteiger partial charge >= 0.3 is 6.09 Å². The zero-order valence-electron chi connectivity index (χ0n) is 25.3. The molecule has 10 heteroatoms. The van der Waals surface area contributed by atoms with Crippen molar-refractivity contribution < 1.29 is 33.0 Å². The van der Waals surface area contributed by atoms with E-state index in [4.69, 9.17) is 4.74 Å². The first-order chi connectivity index (χ1) is 20.1. The number of amides is 3. The normalized spacial score (nSPS) is 16.3. The maximum Gasteiger partial charge on any atom is 0.407 e. The molecule has 8 nitrogen and oxygen atoms in total. The molecule has 0 heterocycles. The van der Waals surface area contributed by atoms with E-state index in [1.165, 1.54) is 19.1 Å². The Morgan fingerprint density at radius 3 is 2.35 bits per heavy atom. The monoisotopic (exact) mass is 597 g/mol. The van der Waals surface area contributed by atoms with Crippen LogP contribution in [0, 0.1) is 5.92 Å². The van der Waals surface area contributed by atoms with E-state index < -0.39 is 35.2 Å². The van der Waals surface area contributed by atoms with E-state index in [2.05, 4.69) is 16.0 Å². The maximum absolute atomic E-state index is 14.1. The maximum atomic E-state index is 14.1. The van der Waals surface area contributed by atoms with Crippen molar-refractivity contribution in [3.05, 3.63) is 89.0 Å². The second-order valence-corrected chi connectivity index (χ2v) is 12.1. The van der Waals surface area contributed by atoms with Gasteiger partial charge < -0.3 is 25.8 Å². The zero-order valence-corrected chi connectivity index (χ0v) is 25.3. The van der Waals surface area contributed by atoms with Gasteiger partial charge in [-0.1, -0.05) is 43.3 Å². The van der Waals surface area contributed by atoms with Gasteiger partial charge in [0.25, 0.3) is 11.8 Å². The van der Waals surface area contributed by atoms with E-state index in [-0.39, 0.29) is 61.1 Å². The summed E-state index contributed by atoms with van der Waals surface area (Å²) in [7, 11) is 0. The van der Waals surface area contributed by atoms with Gasteiger partial charge in [0.1, 0.15) is 17.3 Å². The number of hydrogen-bond acceptors (Lipinski definition) is 5. The first-order valence-electron chi connectivity index (χ1n) is 14.3. The number of halogens is 2. The number of anilines is 1. The smallest absolute Gasteiger partial charge is 0.407 e. The predicted octanol–water partition coefficient (Wildman–Crippen LogP) is 6.14. The van der Waals surface area contributed by atoms with Crippen molar-refractivity contribution in [3.63, 3.8) is 0 Å². The fraction of sp³-hybridized carbons (Fsp3) is 0.424. The average molecular weight is 598 g/mol. The second-order valence-electron chi connectivity index (χ2n) is 12.1. The quantitative estimate of drug-likeness (QED) is 0.248. The summed E-state index contributed by atoms with van der Waals surface area (Å²) < 4.78 is 33.0. The summed E-state index contributed by atoms with van der Waals surface area (Å²) in [6.45, 7) is 8.49. The highest BCUT2D eigenvalue weighted by Gasteiger charge is 2.41. The van der Waals surface area contributed by atoms with Crippen molar-refractivity contribution >= 4 is 23.6 Å². The van der Waals surface area contributed by atoms with E-state index in [1.807, 2.05) is 37.3 Å². The summed E-state index contributed by atoms with van der Waals surface area (Å²) in [6, 6.07) is 14.2. The minimum atomic E-state index is -2.07. The molecule has 0 radical (unpaired) electrons. The van der Waals surface area contributed by atoms with E-state index in [1.54, 1.807) is 39.0 Å². The standard InChI is InChI=1S/C33H41F2N3O5/c1-21(16-24-18-25(34)14-15-27(24)35)20-36-29(39)23-12-9-13-26(19-23)37-30(40)33(5,42)28(17-22-10-7-6-8-11-22)38-31(41)43-32(2,3)4/h6-13,18-19,21,28,42H,14-17,20H2,1-5H3,(H,36,39)(H,37,40)(H,38,41)/t21?,28-,33-/m1/s1. The summed E-state index contributed by atoms with van der Waals surface area (Å²) in [4.78, 5) is 38.8. The van der Waals surface area contributed by atoms with Crippen molar-refractivity contribution in [2.45, 2.75) is 77.5 Å². The predicted molar refractivity (Wildman–Crippen MR) is 162 cm³/mol. The molecular formula is C33H41F2N3O5. The molecule has 2 aromatic rings. The van der Waals surface area contributed by atoms with Crippen LogP contribution in [0.25, 0.3) is 0 Å². The summed E-state index contributed by atoms with van der Waals surface area (Å²) in [5.74, 6) is -2.03. The van der Waals surface area contributed by atoms with Gasteiger partial charge in [-0.25, -0.2) is 13.6 Å². The lowest BCUT2D eigenvalue weighted by Gasteiger charge is -2.33. The largest absolute Gasteiger partial charge is 0.444 e. The molecule has 0 fully saturated rings. The van der Waals surface area contributed by atoms with Crippen molar-refractivity contribution in [1.82, 2.24) is 10.6 Å². The molecule has 232 valence electrons. The zero-order chi connectivity index (χ0) is 31.8. The van der Waals surface area contributed by atoms with Crippen LogP contribution in [0.1, 0.15) is 69.8 Å². The molecule has 3 rings (SSSR count). The van der Waals surface area contributed by atoms with Gasteiger partial charge in [0, 0.05) is 30.6 Å². The molecule has 3 atom stereocenters. The molecule has 2 aromatic carbocycles. The second kappa shape index (κ2) is 14.4. The molecule has 43 heavy (non-hydrogen) atoms. The highest BCUT2D eigenvalue weighted by Crippen LogP contribution is 2.29. The number of benzene rings is 2. The van der Waals surface area contributed by atoms with Crippen molar-refractivity contribution in [2.24, 2.45) is 5.92 Å². The lowest BCUT2D eigenvalue weighted by molar-refractivity contribution is -0.135. The molecule has 1 aliphatic carbocycles. The molecule has 0 aliphatic heterocycles. The number of allylic oxidation sites excluding steroid dienone is 4. The number of aliphatic hydroxyl groups is 1. The number of alkyl carbamates (subject to hydrolysis) is 1. The number of rotatable bonds is 11. The van der Waals surface area contributed by atoms with Gasteiger partial charge in [-0.2, -0.15) is 0 Å². The van der Waals surface area contributed by atoms with Gasteiger partial charge in [-0.05, 0) is 81.9 Å². The minimum Gasteiger partial charge on any atom is -0.444 e. The molecule has 0 saturated heterocycles. The highest BCUT2D eigenvalue weighted by atomic mass is 19.1. The van der Waals surface area contributed by atoms with Gasteiger partial charge in [-0.3, -0.25) is 9.59 Å². The third-order valence-corrected chi connectivity index (χ3v) is 6.94. The van der Waals surface area contributed by atoms with E-state index in [0.717, 1.165) is 5.56 Å². The van der Waals surface area contributed by atoms with Crippen molar-refractivity contribution in [3.8, 4) is 0 Å². The van der Waals surface area contributed by atoms with E-state index in [0.29, 0.717) is 5.57 Å². The highest BCUT2D eigenvalue weighted by molar-refractivity contribution is 6.00. The first-order valence-corrected chi connectivity index (χ1v) is 14.3. The Labute approximate surface area is 251 Å². The average Bonchev–Trinajstić information content (AvgIpc) is 2.93. The fourth-order valence-corrected chi connectivity index (χ4v) is 4.56. The van der Waals surface area contributed by atoms with Crippen molar-refractivity contribution in [1.29, 1.82) is 0 Å². The summed E-state index contributed by atoms with van der Waals surface area (Å²) in [5, 5.41) is 19.5. The Morgan fingerprint density at radius 1 is 0.977 bits per heavy atom. The van der Waals surface area contributed by atoms with Crippen LogP contribution in [0.2, 0.25) is 0 Å². The van der Waals surface area contributed by atoms with Crippen LogP contribution in [0.3, 0.4) is 0 Å². The Balaban J connectivity index is 1.67. The summed E-state index contributed by atoms with van der Waals surface area (Å²) in [6.07, 6.45) is 0.989. The minimum absolute atomic E-state index is 0.0478. The van der Waals surface area contributed by atoms with Crippen LogP contribution >= 0.6 is 0 Å². The van der Waals surface area contributed by atoms with Gasteiger partial charge in [0.15, 0.2) is 5.60 Å². The third kappa shape index (κ3) is 10.3. The van der Waals surface area contributed by atoms with Crippen molar-refractivity contribution in [2.75, 3.05) is 11.9 Å². The molecule has 0 spiro atoms. The van der Waals surface area contributed by atoms with Gasteiger partial charge in [-0.15, -0.1) is 0 Å². The van der Waals surface area contributed by atoms with Crippen LogP contribution in [-0.2, 0) is 16.0 Å². The SMILES string of the molecule is CC(CNC(=O)c1cccc(NC(=O)[C@](C)(O)[C@@H](Cc2ccccc2)NC(=O)OC(C)(C)C)c1)CC1=C(F)CCC(F)=C1. The van der Waals surface area contributed by atoms with E-state index >= 15 is 0 Å². The Bertz CT molecular complexity index is 1370. The number of nitrogens with one attached hydrogen (secondary N) is 3. The van der Waals surface area contributed by atoms with Crippen LogP contribution in [-0.4, -0.2) is 46.8 Å². The molecular weight excluding hydrogens is 556 g/mol. The molecule has 0 aromatic heterocycles. The summed E-state index contributed by atoms with van der Waals surface area (Å²) >= 11 is 0. The lowest BCUT2D eigenvalue weighted by Crippen LogP contribution is -2.59. The third-order valence-electron chi connectivity index (χ3n) is 6.94. The molecule has 1 unspecified atom stereocenters. The molecule has 0 saturated carbocycles. The molecule has 4 N–H and O–H groups in total. The van der Waals surface area contributed by atoms with Crippen LogP contribution < -0.4 is 16.0 Å². The summed E-state index contributed by atoms with van der Waals surface area (Å²) in [5.41, 5.74) is -1.24. The van der Waals surface area contributed by atoms with Gasteiger partial charge in [0.05, 0.1) is 6.04 Å².